The van der Waals surface area contributed by atoms with E-state index in [-0.39, 0.29) is 10.7 Å². The van der Waals surface area contributed by atoms with Crippen molar-refractivity contribution < 1.29 is 14.4 Å². The molecule has 1 atom stereocenters. The van der Waals surface area contributed by atoms with Crippen molar-refractivity contribution in [2.75, 3.05) is 14.2 Å². The molecular weight excluding hydrogens is 198 g/mol. The highest BCUT2D eigenvalue weighted by Gasteiger charge is 2.45. The molecule has 0 saturated carbocycles. The fourth-order valence-corrected chi connectivity index (χ4v) is 1.68. The minimum absolute atomic E-state index is 0.273. The average Bonchev–Trinajstić information content (AvgIpc) is 2.15. The maximum atomic E-state index is 11.0. The molecule has 0 fully saturated rings. The van der Waals surface area contributed by atoms with Gasteiger partial charge in [-0.25, -0.2) is 0 Å². The summed E-state index contributed by atoms with van der Waals surface area (Å²) in [6, 6.07) is -0.901. The number of methoxy groups -OCH3 is 2. The summed E-state index contributed by atoms with van der Waals surface area (Å²) in [6.45, 7) is 3.59. The molecule has 0 aromatic rings. The zero-order valence-electron chi connectivity index (χ0n) is 9.31. The lowest BCUT2D eigenvalue weighted by Crippen LogP contribution is -2.39. The van der Waals surface area contributed by atoms with Crippen LogP contribution in [-0.2, 0) is 9.47 Å². The summed E-state index contributed by atoms with van der Waals surface area (Å²) in [6.07, 6.45) is 3.47. The number of nitro groups is 1. The van der Waals surface area contributed by atoms with E-state index in [9.17, 15) is 10.1 Å². The van der Waals surface area contributed by atoms with Crippen LogP contribution < -0.4 is 0 Å². The number of hydrogen-bond acceptors (Lipinski definition) is 4. The maximum absolute atomic E-state index is 11.0. The van der Waals surface area contributed by atoms with Gasteiger partial charge in [0.25, 0.3) is 6.04 Å². The molecule has 5 nitrogen and oxygen atoms in total. The summed E-state index contributed by atoms with van der Waals surface area (Å²) in [7, 11) is 2.88. The zero-order chi connectivity index (χ0) is 11.6. The van der Waals surface area contributed by atoms with E-state index in [1.54, 1.807) is 26.0 Å². The lowest BCUT2D eigenvalue weighted by atomic mass is 9.80. The largest absolute Gasteiger partial charge is 0.493 e. The molecule has 1 rings (SSSR count). The van der Waals surface area contributed by atoms with E-state index in [1.165, 1.54) is 14.2 Å². The van der Waals surface area contributed by atoms with Gasteiger partial charge in [0.1, 0.15) is 0 Å². The lowest BCUT2D eigenvalue weighted by Gasteiger charge is -2.29. The van der Waals surface area contributed by atoms with Gasteiger partial charge < -0.3 is 9.47 Å². The molecule has 15 heavy (non-hydrogen) atoms. The van der Waals surface area contributed by atoms with Crippen molar-refractivity contribution in [1.82, 2.24) is 0 Å². The Morgan fingerprint density at radius 1 is 1.40 bits per heavy atom. The zero-order valence-corrected chi connectivity index (χ0v) is 9.31. The number of rotatable bonds is 3. The van der Waals surface area contributed by atoms with Crippen molar-refractivity contribution in [3.8, 4) is 0 Å². The molecule has 0 amide bonds. The first-order valence-corrected chi connectivity index (χ1v) is 4.59. The first kappa shape index (κ1) is 11.6. The number of ether oxygens (including phenoxy) is 2. The smallest absolute Gasteiger partial charge is 0.281 e. The summed E-state index contributed by atoms with van der Waals surface area (Å²) >= 11 is 0. The Morgan fingerprint density at radius 2 is 2.00 bits per heavy atom. The first-order chi connectivity index (χ1) is 6.94. The van der Waals surface area contributed by atoms with E-state index < -0.39 is 11.5 Å². The van der Waals surface area contributed by atoms with E-state index in [1.807, 2.05) is 0 Å². The normalized spacial score (nSPS) is 23.9. The summed E-state index contributed by atoms with van der Waals surface area (Å²) in [5.74, 6) is 0.688. The highest BCUT2D eigenvalue weighted by atomic mass is 16.6. The fourth-order valence-electron chi connectivity index (χ4n) is 1.68. The molecule has 0 spiro atoms. The first-order valence-electron chi connectivity index (χ1n) is 4.59. The van der Waals surface area contributed by atoms with Crippen LogP contribution in [0.15, 0.2) is 23.7 Å². The molecule has 0 aliphatic heterocycles. The molecule has 0 N–H and O–H groups in total. The van der Waals surface area contributed by atoms with Gasteiger partial charge in [0.05, 0.1) is 19.6 Å². The highest BCUT2D eigenvalue weighted by Crippen LogP contribution is 2.36. The predicted octanol–water partition coefficient (Wildman–Crippen LogP) is 1.73. The second-order valence-corrected chi connectivity index (χ2v) is 3.98. The minimum Gasteiger partial charge on any atom is -0.493 e. The van der Waals surface area contributed by atoms with E-state index in [4.69, 9.17) is 9.47 Å². The SMILES string of the molecule is COC1=C(OC)C([N+](=O)[O-])C(C)(C)C=C1. The monoisotopic (exact) mass is 213 g/mol. The van der Waals surface area contributed by atoms with Gasteiger partial charge in [0.15, 0.2) is 5.76 Å². The van der Waals surface area contributed by atoms with Crippen molar-refractivity contribution in [3.05, 3.63) is 33.8 Å². The molecule has 84 valence electrons. The van der Waals surface area contributed by atoms with E-state index in [2.05, 4.69) is 0 Å². The van der Waals surface area contributed by atoms with Crippen LogP contribution in [0.5, 0.6) is 0 Å². The lowest BCUT2D eigenvalue weighted by molar-refractivity contribution is -0.532. The van der Waals surface area contributed by atoms with E-state index >= 15 is 0 Å². The van der Waals surface area contributed by atoms with Gasteiger partial charge >= 0.3 is 0 Å². The van der Waals surface area contributed by atoms with E-state index in [0.29, 0.717) is 5.76 Å². The van der Waals surface area contributed by atoms with Crippen LogP contribution in [0.2, 0.25) is 0 Å². The van der Waals surface area contributed by atoms with Crippen molar-refractivity contribution >= 4 is 0 Å². The Morgan fingerprint density at radius 3 is 2.40 bits per heavy atom. The van der Waals surface area contributed by atoms with Crippen LogP contribution in [0.1, 0.15) is 13.8 Å². The van der Waals surface area contributed by atoms with Crippen LogP contribution in [0.3, 0.4) is 0 Å². The number of hydrogen-bond donors (Lipinski definition) is 0. The molecular formula is C10H15NO4. The van der Waals surface area contributed by atoms with Crippen molar-refractivity contribution in [2.45, 2.75) is 19.9 Å². The average molecular weight is 213 g/mol. The third-order valence-corrected chi connectivity index (χ3v) is 2.51. The second kappa shape index (κ2) is 3.92. The molecule has 0 radical (unpaired) electrons. The Bertz CT molecular complexity index is 330. The standard InChI is InChI=1S/C10H15NO4/c1-10(2)6-5-7(14-3)8(15-4)9(10)11(12)13/h5-6,9H,1-4H3. The molecule has 1 unspecified atom stereocenters. The quantitative estimate of drug-likeness (QED) is 0.529. The Hall–Kier alpha value is -1.52. The van der Waals surface area contributed by atoms with Gasteiger partial charge in [-0.2, -0.15) is 0 Å². The molecule has 0 heterocycles. The minimum atomic E-state index is -0.901. The van der Waals surface area contributed by atoms with Gasteiger partial charge in [-0.05, 0) is 19.9 Å². The highest BCUT2D eigenvalue weighted by molar-refractivity contribution is 5.29. The van der Waals surface area contributed by atoms with Crippen LogP contribution >= 0.6 is 0 Å². The van der Waals surface area contributed by atoms with Crippen molar-refractivity contribution in [3.63, 3.8) is 0 Å². The van der Waals surface area contributed by atoms with Gasteiger partial charge in [0, 0.05) is 4.92 Å². The number of allylic oxidation sites excluding steroid dienone is 1. The van der Waals surface area contributed by atoms with E-state index in [0.717, 1.165) is 0 Å². The second-order valence-electron chi connectivity index (χ2n) is 3.98. The summed E-state index contributed by atoms with van der Waals surface area (Å²) in [4.78, 5) is 10.7. The molecule has 0 aromatic carbocycles. The van der Waals surface area contributed by atoms with Gasteiger partial charge in [-0.1, -0.05) is 6.08 Å². The fraction of sp³-hybridized carbons (Fsp3) is 0.600. The Labute approximate surface area is 88.5 Å². The number of nitrogens with zero attached hydrogens (tertiary/aromatic N) is 1. The molecule has 0 saturated heterocycles. The third-order valence-electron chi connectivity index (χ3n) is 2.51. The Kier molecular flexibility index (Phi) is 3.02. The van der Waals surface area contributed by atoms with Crippen LogP contribution in [0, 0.1) is 15.5 Å². The summed E-state index contributed by atoms with van der Waals surface area (Å²) in [5, 5.41) is 11.0. The van der Waals surface area contributed by atoms with Gasteiger partial charge in [-0.15, -0.1) is 0 Å². The molecule has 1 aliphatic rings. The molecule has 5 heteroatoms. The topological polar surface area (TPSA) is 61.6 Å². The summed E-state index contributed by atoms with van der Waals surface area (Å²) in [5.41, 5.74) is -0.573. The van der Waals surface area contributed by atoms with Crippen LogP contribution in [0.25, 0.3) is 0 Å². The van der Waals surface area contributed by atoms with Crippen LogP contribution in [0.4, 0.5) is 0 Å². The third kappa shape index (κ3) is 1.95. The Balaban J connectivity index is 3.22. The molecule has 0 aromatic heterocycles. The van der Waals surface area contributed by atoms with Gasteiger partial charge in [0.2, 0.25) is 5.76 Å². The van der Waals surface area contributed by atoms with Crippen molar-refractivity contribution in [1.29, 1.82) is 0 Å². The molecule has 1 aliphatic carbocycles. The maximum Gasteiger partial charge on any atom is 0.281 e. The van der Waals surface area contributed by atoms with Gasteiger partial charge in [-0.3, -0.25) is 10.1 Å². The van der Waals surface area contributed by atoms with Crippen LogP contribution in [-0.4, -0.2) is 25.2 Å². The van der Waals surface area contributed by atoms with Crippen molar-refractivity contribution in [2.24, 2.45) is 5.41 Å². The molecule has 0 bridgehead atoms. The summed E-state index contributed by atoms with van der Waals surface area (Å²) < 4.78 is 10.1. The predicted molar refractivity (Wildman–Crippen MR) is 54.7 cm³/mol.